The van der Waals surface area contributed by atoms with E-state index in [4.69, 9.17) is 10.1 Å². The van der Waals surface area contributed by atoms with Crippen molar-refractivity contribution in [1.82, 2.24) is 9.55 Å². The van der Waals surface area contributed by atoms with Crippen LogP contribution in [0.2, 0.25) is 0 Å². The van der Waals surface area contributed by atoms with Crippen LogP contribution >= 0.6 is 0 Å². The number of Topliss-reactive ketones (excluding diaryl/α,β-unsaturated/α-hetero) is 1. The SMILES string of the molecule is CC(=O)CCC(=O)Nc1cc2c(cc1C)nc1cc(C)c(=NNc3c(O)ccc4ccccc34)cc-1n2-c1ccccc1. The fraction of sp³-hybridized carbons (Fsp3) is 0.143. The number of para-hydroxylation sites is 1. The van der Waals surface area contributed by atoms with Gasteiger partial charge in [0.15, 0.2) is 0 Å². The second-order valence-corrected chi connectivity index (χ2v) is 10.7. The predicted octanol–water partition coefficient (Wildman–Crippen LogP) is 6.84. The molecule has 0 unspecified atom stereocenters. The molecular weight excluding hydrogens is 538 g/mol. The molecule has 4 aromatic carbocycles. The van der Waals surface area contributed by atoms with Crippen molar-refractivity contribution >= 4 is 44.9 Å². The third kappa shape index (κ3) is 5.55. The minimum absolute atomic E-state index is 0.0235. The van der Waals surface area contributed by atoms with Gasteiger partial charge in [-0.1, -0.05) is 48.5 Å². The molecule has 3 N–H and O–H groups in total. The Labute approximate surface area is 248 Å². The van der Waals surface area contributed by atoms with Crippen molar-refractivity contribution in [3.05, 3.63) is 107 Å². The zero-order chi connectivity index (χ0) is 30.1. The molecule has 1 aliphatic heterocycles. The summed E-state index contributed by atoms with van der Waals surface area (Å²) in [5.74, 6) is -0.122. The van der Waals surface area contributed by atoms with Gasteiger partial charge in [0.05, 0.1) is 27.8 Å². The molecule has 6 rings (SSSR count). The molecule has 8 heteroatoms. The van der Waals surface area contributed by atoms with Crippen molar-refractivity contribution < 1.29 is 14.7 Å². The molecule has 0 aromatic heterocycles. The number of carbonyl (C=O) groups is 2. The first kappa shape index (κ1) is 27.7. The zero-order valence-electron chi connectivity index (χ0n) is 24.2. The highest BCUT2D eigenvalue weighted by Gasteiger charge is 2.18. The Hall–Kier alpha value is -5.50. The highest BCUT2D eigenvalue weighted by molar-refractivity contribution is 5.97. The number of phenols is 1. The number of rotatable bonds is 7. The first-order valence-electron chi connectivity index (χ1n) is 14.1. The molecule has 0 atom stereocenters. The Balaban J connectivity index is 1.53. The molecule has 0 radical (unpaired) electrons. The lowest BCUT2D eigenvalue weighted by Crippen LogP contribution is -2.16. The Morgan fingerprint density at radius 3 is 2.44 bits per heavy atom. The number of fused-ring (bicyclic) bond motifs is 3. The van der Waals surface area contributed by atoms with E-state index in [-0.39, 0.29) is 30.3 Å². The van der Waals surface area contributed by atoms with Gasteiger partial charge in [0.25, 0.3) is 0 Å². The molecule has 0 fully saturated rings. The van der Waals surface area contributed by atoms with Crippen LogP contribution in [-0.2, 0) is 9.59 Å². The molecule has 0 spiro atoms. The van der Waals surface area contributed by atoms with Crippen LogP contribution in [0.25, 0.3) is 38.9 Å². The Morgan fingerprint density at radius 2 is 1.65 bits per heavy atom. The maximum absolute atomic E-state index is 12.6. The van der Waals surface area contributed by atoms with Gasteiger partial charge in [-0.3, -0.25) is 10.2 Å². The molecule has 8 nitrogen and oxygen atoms in total. The predicted molar refractivity (Wildman–Crippen MR) is 171 cm³/mol. The number of nitrogens with one attached hydrogen (secondary N) is 2. The van der Waals surface area contributed by atoms with E-state index in [9.17, 15) is 14.7 Å². The summed E-state index contributed by atoms with van der Waals surface area (Å²) in [4.78, 5) is 29.0. The van der Waals surface area contributed by atoms with E-state index < -0.39 is 0 Å². The number of amides is 1. The van der Waals surface area contributed by atoms with Crippen LogP contribution in [0.4, 0.5) is 11.4 Å². The van der Waals surface area contributed by atoms with Gasteiger partial charge in [-0.15, -0.1) is 0 Å². The monoisotopic (exact) mass is 569 g/mol. The van der Waals surface area contributed by atoms with Crippen LogP contribution in [-0.4, -0.2) is 26.3 Å². The smallest absolute Gasteiger partial charge is 0.224 e. The number of phenolic OH excluding ortho intramolecular Hbond substituents is 1. The number of hydrogen-bond donors (Lipinski definition) is 3. The first-order valence-corrected chi connectivity index (χ1v) is 14.1. The van der Waals surface area contributed by atoms with Crippen LogP contribution in [0.3, 0.4) is 0 Å². The van der Waals surface area contributed by atoms with Gasteiger partial charge >= 0.3 is 0 Å². The second-order valence-electron chi connectivity index (χ2n) is 10.7. The number of anilines is 2. The van der Waals surface area contributed by atoms with Crippen molar-refractivity contribution in [2.45, 2.75) is 33.6 Å². The molecule has 1 heterocycles. The minimum atomic E-state index is -0.211. The highest BCUT2D eigenvalue weighted by atomic mass is 16.3. The normalized spacial score (nSPS) is 11.7. The van der Waals surface area contributed by atoms with Crippen LogP contribution in [0.5, 0.6) is 5.75 Å². The Kier molecular flexibility index (Phi) is 7.34. The molecule has 0 saturated carbocycles. The molecule has 1 amide bonds. The Bertz CT molecular complexity index is 2060. The quantitative estimate of drug-likeness (QED) is 0.111. The summed E-state index contributed by atoms with van der Waals surface area (Å²) in [7, 11) is 0. The molecule has 0 saturated heterocycles. The van der Waals surface area contributed by atoms with Gasteiger partial charge in [0.2, 0.25) is 5.91 Å². The molecule has 43 heavy (non-hydrogen) atoms. The van der Waals surface area contributed by atoms with Crippen molar-refractivity contribution in [2.24, 2.45) is 5.10 Å². The van der Waals surface area contributed by atoms with E-state index in [1.807, 2.05) is 98.8 Å². The van der Waals surface area contributed by atoms with Gasteiger partial charge < -0.3 is 19.8 Å². The van der Waals surface area contributed by atoms with Crippen LogP contribution in [0.1, 0.15) is 30.9 Å². The fourth-order valence-electron chi connectivity index (χ4n) is 5.25. The molecule has 214 valence electrons. The zero-order valence-corrected chi connectivity index (χ0v) is 24.2. The highest BCUT2D eigenvalue weighted by Crippen LogP contribution is 2.33. The summed E-state index contributed by atoms with van der Waals surface area (Å²) in [6, 6.07) is 29.2. The summed E-state index contributed by atoms with van der Waals surface area (Å²) >= 11 is 0. The third-order valence-electron chi connectivity index (χ3n) is 7.53. The number of aromatic nitrogens is 2. The largest absolute Gasteiger partial charge is 0.506 e. The van der Waals surface area contributed by atoms with Crippen molar-refractivity contribution in [2.75, 3.05) is 10.7 Å². The average Bonchev–Trinajstić information content (AvgIpc) is 2.99. The number of nitrogens with zero attached hydrogens (tertiary/aromatic N) is 3. The minimum Gasteiger partial charge on any atom is -0.506 e. The molecule has 4 aromatic rings. The molecular formula is C35H31N5O3. The Morgan fingerprint density at radius 1 is 0.884 bits per heavy atom. The maximum Gasteiger partial charge on any atom is 0.224 e. The fourth-order valence-corrected chi connectivity index (χ4v) is 5.25. The van der Waals surface area contributed by atoms with Gasteiger partial charge in [-0.2, -0.15) is 5.10 Å². The summed E-state index contributed by atoms with van der Waals surface area (Å²) in [5.41, 5.74) is 10.2. The summed E-state index contributed by atoms with van der Waals surface area (Å²) in [6.07, 6.45) is 0.329. The first-order chi connectivity index (χ1) is 20.8. The molecule has 0 bridgehead atoms. The average molecular weight is 570 g/mol. The van der Waals surface area contributed by atoms with Gasteiger partial charge in [0.1, 0.15) is 17.2 Å². The summed E-state index contributed by atoms with van der Waals surface area (Å²) in [5, 5.41) is 20.9. The summed E-state index contributed by atoms with van der Waals surface area (Å²) < 4.78 is 2.11. The topological polar surface area (TPSA) is 109 Å². The lowest BCUT2D eigenvalue weighted by Gasteiger charge is -2.21. The number of ketones is 1. The standard InChI is InChI=1S/C35H31N5O3/c1-21-17-29-31(19-27(21)37-34(43)16-13-23(3)41)40(25-10-5-4-6-11-25)32-20-28(22(2)18-30(32)36-29)38-39-35-26-12-8-7-9-24(26)14-15-33(35)42/h4-12,14-15,17-20,39,42H,13,16H2,1-3H3,(H,37,43). The van der Waals surface area contributed by atoms with Crippen molar-refractivity contribution in [1.29, 1.82) is 0 Å². The van der Waals surface area contributed by atoms with Crippen LogP contribution in [0, 0.1) is 13.8 Å². The summed E-state index contributed by atoms with van der Waals surface area (Å²) in [6.45, 7) is 5.39. The number of aryl methyl sites for hydroxylation is 2. The lowest BCUT2D eigenvalue weighted by atomic mass is 10.1. The van der Waals surface area contributed by atoms with Gasteiger partial charge in [-0.25, -0.2) is 4.98 Å². The number of hydrogen-bond acceptors (Lipinski definition) is 6. The maximum atomic E-state index is 12.6. The van der Waals surface area contributed by atoms with E-state index in [1.165, 1.54) is 6.92 Å². The molecule has 1 aliphatic carbocycles. The second kappa shape index (κ2) is 11.4. The van der Waals surface area contributed by atoms with Gasteiger partial charge in [0, 0.05) is 29.6 Å². The van der Waals surface area contributed by atoms with E-state index >= 15 is 0 Å². The van der Waals surface area contributed by atoms with Crippen LogP contribution in [0.15, 0.2) is 96.1 Å². The number of aromatic hydroxyl groups is 1. The van der Waals surface area contributed by atoms with Gasteiger partial charge in [-0.05, 0) is 79.7 Å². The lowest BCUT2D eigenvalue weighted by molar-refractivity contribution is -0.121. The van der Waals surface area contributed by atoms with Crippen molar-refractivity contribution in [3.8, 4) is 22.8 Å². The van der Waals surface area contributed by atoms with E-state index in [0.29, 0.717) is 16.7 Å². The van der Waals surface area contributed by atoms with E-state index in [2.05, 4.69) is 15.3 Å². The van der Waals surface area contributed by atoms with Crippen LogP contribution < -0.4 is 16.1 Å². The molecule has 2 aliphatic rings. The third-order valence-corrected chi connectivity index (χ3v) is 7.53. The number of benzene rings is 5. The number of carbonyl (C=O) groups excluding carboxylic acids is 2. The van der Waals surface area contributed by atoms with E-state index in [0.717, 1.165) is 50.0 Å². The van der Waals surface area contributed by atoms with E-state index in [1.54, 1.807) is 6.07 Å². The van der Waals surface area contributed by atoms with Crippen molar-refractivity contribution in [3.63, 3.8) is 0 Å².